The molecule has 2 spiro atoms. The summed E-state index contributed by atoms with van der Waals surface area (Å²) < 4.78 is 11.5. The van der Waals surface area contributed by atoms with E-state index in [1.54, 1.807) is 0 Å². The molecule has 3 rings (SSSR count). The number of amides is 1. The van der Waals surface area contributed by atoms with Gasteiger partial charge in [-0.25, -0.2) is 0 Å². The van der Waals surface area contributed by atoms with Crippen molar-refractivity contribution in [2.75, 3.05) is 6.61 Å². The highest BCUT2D eigenvalue weighted by atomic mass is 16.7. The lowest BCUT2D eigenvalue weighted by atomic mass is 9.78. The topological polar surface area (TPSA) is 79.8 Å². The highest BCUT2D eigenvalue weighted by Gasteiger charge is 2.54. The summed E-state index contributed by atoms with van der Waals surface area (Å²) in [6, 6.07) is 0. The molecule has 1 amide bonds. The van der Waals surface area contributed by atoms with Crippen LogP contribution in [-0.2, 0) is 14.3 Å². The first-order chi connectivity index (χ1) is 8.04. The Balaban J connectivity index is 1.70. The minimum atomic E-state index is -0.930. The van der Waals surface area contributed by atoms with Crippen LogP contribution >= 0.6 is 0 Å². The fourth-order valence-corrected chi connectivity index (χ4v) is 3.02. The minimum Gasteiger partial charge on any atom is -0.361 e. The van der Waals surface area contributed by atoms with Crippen molar-refractivity contribution in [3.8, 4) is 0 Å². The summed E-state index contributed by atoms with van der Waals surface area (Å²) in [4.78, 5) is 11.8. The molecule has 6 heteroatoms. The van der Waals surface area contributed by atoms with E-state index in [1.165, 1.54) is 0 Å². The van der Waals surface area contributed by atoms with Crippen molar-refractivity contribution in [3.63, 3.8) is 0 Å². The summed E-state index contributed by atoms with van der Waals surface area (Å²) in [7, 11) is 0. The average molecular weight is 242 g/mol. The highest BCUT2D eigenvalue weighted by Crippen LogP contribution is 2.42. The fourth-order valence-electron chi connectivity index (χ4n) is 3.02. The summed E-state index contributed by atoms with van der Waals surface area (Å²) in [6.45, 7) is 2.61. The standard InChI is InChI=1S/C11H18N2O4/c1-7-6-16-11(17-7)4-2-10(3-5-11)8(14)12-9(15)13-10/h7,9,13,15H,2-6H2,1H3,(H,12,14). The number of aliphatic hydroxyl groups excluding tert-OH is 1. The van der Waals surface area contributed by atoms with Crippen LogP contribution in [0.3, 0.4) is 0 Å². The molecular weight excluding hydrogens is 224 g/mol. The zero-order chi connectivity index (χ0) is 12.1. The van der Waals surface area contributed by atoms with Crippen molar-refractivity contribution in [1.29, 1.82) is 0 Å². The molecule has 2 aliphatic heterocycles. The molecule has 3 fully saturated rings. The third-order valence-corrected chi connectivity index (χ3v) is 3.98. The molecule has 2 unspecified atom stereocenters. The van der Waals surface area contributed by atoms with Gasteiger partial charge in [-0.15, -0.1) is 0 Å². The number of carbonyl (C=O) groups is 1. The van der Waals surface area contributed by atoms with E-state index in [0.29, 0.717) is 32.3 Å². The Kier molecular flexibility index (Phi) is 2.45. The summed E-state index contributed by atoms with van der Waals surface area (Å²) in [6.07, 6.45) is 1.82. The number of hydrogen-bond acceptors (Lipinski definition) is 5. The normalized spacial score (nSPS) is 50.1. The molecule has 2 atom stereocenters. The van der Waals surface area contributed by atoms with Gasteiger partial charge in [0, 0.05) is 12.8 Å². The summed E-state index contributed by atoms with van der Waals surface area (Å²) in [5, 5.41) is 14.8. The van der Waals surface area contributed by atoms with E-state index in [-0.39, 0.29) is 12.0 Å². The maximum absolute atomic E-state index is 11.8. The molecule has 1 aliphatic carbocycles. The molecule has 0 aromatic rings. The van der Waals surface area contributed by atoms with Gasteiger partial charge in [0.2, 0.25) is 5.91 Å². The minimum absolute atomic E-state index is 0.120. The molecular formula is C11H18N2O4. The molecule has 96 valence electrons. The van der Waals surface area contributed by atoms with Crippen LogP contribution in [-0.4, -0.2) is 41.4 Å². The molecule has 3 aliphatic rings. The van der Waals surface area contributed by atoms with E-state index >= 15 is 0 Å². The van der Waals surface area contributed by atoms with Crippen LogP contribution in [0.25, 0.3) is 0 Å². The molecule has 0 aromatic heterocycles. The molecule has 6 nitrogen and oxygen atoms in total. The Hall–Kier alpha value is -0.690. The lowest BCUT2D eigenvalue weighted by molar-refractivity contribution is -0.194. The Morgan fingerprint density at radius 1 is 1.35 bits per heavy atom. The van der Waals surface area contributed by atoms with E-state index in [4.69, 9.17) is 9.47 Å². The predicted molar refractivity (Wildman–Crippen MR) is 57.7 cm³/mol. The Bertz CT molecular complexity index is 338. The van der Waals surface area contributed by atoms with Crippen LogP contribution in [0, 0.1) is 0 Å². The Labute approximate surface area is 99.7 Å². The maximum atomic E-state index is 11.8. The smallest absolute Gasteiger partial charge is 0.243 e. The molecule has 0 aromatic carbocycles. The summed E-state index contributed by atoms with van der Waals surface area (Å²) in [5.74, 6) is -0.619. The molecule has 3 N–H and O–H groups in total. The second kappa shape index (κ2) is 3.65. The number of ether oxygens (including phenoxy) is 2. The van der Waals surface area contributed by atoms with Crippen LogP contribution in [0.2, 0.25) is 0 Å². The van der Waals surface area contributed by atoms with Gasteiger partial charge in [0.1, 0.15) is 5.54 Å². The van der Waals surface area contributed by atoms with Gasteiger partial charge in [0.25, 0.3) is 0 Å². The lowest BCUT2D eigenvalue weighted by Crippen LogP contribution is -2.54. The lowest BCUT2D eigenvalue weighted by Gasteiger charge is -2.40. The first kappa shape index (κ1) is 11.4. The van der Waals surface area contributed by atoms with Crippen molar-refractivity contribution in [2.24, 2.45) is 0 Å². The van der Waals surface area contributed by atoms with Crippen LogP contribution in [0.4, 0.5) is 0 Å². The van der Waals surface area contributed by atoms with E-state index in [2.05, 4.69) is 10.6 Å². The van der Waals surface area contributed by atoms with Crippen molar-refractivity contribution < 1.29 is 19.4 Å². The zero-order valence-electron chi connectivity index (χ0n) is 9.86. The van der Waals surface area contributed by atoms with Gasteiger partial charge in [-0.2, -0.15) is 0 Å². The predicted octanol–water partition coefficient (Wildman–Crippen LogP) is -0.574. The number of carbonyl (C=O) groups excluding carboxylic acids is 1. The largest absolute Gasteiger partial charge is 0.361 e. The van der Waals surface area contributed by atoms with Gasteiger partial charge in [0.05, 0.1) is 12.7 Å². The first-order valence-corrected chi connectivity index (χ1v) is 6.12. The summed E-state index contributed by atoms with van der Waals surface area (Å²) >= 11 is 0. The van der Waals surface area contributed by atoms with Gasteiger partial charge in [-0.05, 0) is 19.8 Å². The van der Waals surface area contributed by atoms with Gasteiger partial charge in [-0.1, -0.05) is 0 Å². The number of aliphatic hydroxyl groups is 1. The third kappa shape index (κ3) is 1.76. The van der Waals surface area contributed by atoms with Crippen molar-refractivity contribution in [3.05, 3.63) is 0 Å². The number of nitrogens with one attached hydrogen (secondary N) is 2. The van der Waals surface area contributed by atoms with Crippen LogP contribution in [0.1, 0.15) is 32.6 Å². The number of hydrogen-bond donors (Lipinski definition) is 3. The third-order valence-electron chi connectivity index (χ3n) is 3.98. The zero-order valence-corrected chi connectivity index (χ0v) is 9.86. The Morgan fingerprint density at radius 2 is 2.06 bits per heavy atom. The van der Waals surface area contributed by atoms with Crippen molar-refractivity contribution in [1.82, 2.24) is 10.6 Å². The fraction of sp³-hybridized carbons (Fsp3) is 0.909. The molecule has 0 bridgehead atoms. The van der Waals surface area contributed by atoms with E-state index < -0.39 is 17.7 Å². The Morgan fingerprint density at radius 3 is 2.53 bits per heavy atom. The van der Waals surface area contributed by atoms with Gasteiger partial charge in [-0.3, -0.25) is 10.1 Å². The monoisotopic (exact) mass is 242 g/mol. The SMILES string of the molecule is CC1COC2(CCC3(CC2)NC(O)NC3=O)O1. The second-order valence-corrected chi connectivity index (χ2v) is 5.25. The van der Waals surface area contributed by atoms with Crippen LogP contribution < -0.4 is 10.6 Å². The molecule has 17 heavy (non-hydrogen) atoms. The van der Waals surface area contributed by atoms with Gasteiger partial charge < -0.3 is 19.9 Å². The van der Waals surface area contributed by atoms with E-state index in [1.807, 2.05) is 6.92 Å². The first-order valence-electron chi connectivity index (χ1n) is 6.12. The average Bonchev–Trinajstić information content (AvgIpc) is 2.76. The highest BCUT2D eigenvalue weighted by molar-refractivity contribution is 5.88. The maximum Gasteiger partial charge on any atom is 0.243 e. The van der Waals surface area contributed by atoms with Crippen molar-refractivity contribution >= 4 is 5.91 Å². The van der Waals surface area contributed by atoms with Crippen LogP contribution in [0.15, 0.2) is 0 Å². The van der Waals surface area contributed by atoms with Gasteiger partial charge in [0.15, 0.2) is 12.1 Å². The molecule has 1 saturated carbocycles. The van der Waals surface area contributed by atoms with E-state index in [9.17, 15) is 9.90 Å². The van der Waals surface area contributed by atoms with Gasteiger partial charge >= 0.3 is 0 Å². The van der Waals surface area contributed by atoms with Crippen molar-refractivity contribution in [2.45, 2.75) is 56.4 Å². The second-order valence-electron chi connectivity index (χ2n) is 5.25. The van der Waals surface area contributed by atoms with E-state index in [0.717, 1.165) is 0 Å². The number of rotatable bonds is 0. The molecule has 0 radical (unpaired) electrons. The molecule has 2 heterocycles. The van der Waals surface area contributed by atoms with Crippen LogP contribution in [0.5, 0.6) is 0 Å². The quantitative estimate of drug-likeness (QED) is 0.530. The molecule has 2 saturated heterocycles. The summed E-state index contributed by atoms with van der Waals surface area (Å²) in [5.41, 5.74) is -0.636.